The summed E-state index contributed by atoms with van der Waals surface area (Å²) in [5.41, 5.74) is 2.21. The Hall–Kier alpha value is -3.47. The van der Waals surface area contributed by atoms with Crippen molar-refractivity contribution >= 4 is 18.3 Å². The summed E-state index contributed by atoms with van der Waals surface area (Å²) in [4.78, 5) is 49.4. The first-order valence-electron chi connectivity index (χ1n) is 9.24. The van der Waals surface area contributed by atoms with E-state index in [2.05, 4.69) is 30.6 Å². The minimum absolute atomic E-state index is 0.174. The molecule has 30 heavy (non-hydrogen) atoms. The van der Waals surface area contributed by atoms with E-state index in [0.717, 1.165) is 0 Å². The van der Waals surface area contributed by atoms with Gasteiger partial charge in [0.2, 0.25) is 5.91 Å². The van der Waals surface area contributed by atoms with Gasteiger partial charge in [0.05, 0.1) is 47.5 Å². The topological polar surface area (TPSA) is 167 Å². The molecular weight excluding hydrogens is 392 g/mol. The van der Waals surface area contributed by atoms with Crippen molar-refractivity contribution < 1.29 is 24.6 Å². The van der Waals surface area contributed by atoms with E-state index in [1.54, 1.807) is 32.4 Å². The van der Waals surface area contributed by atoms with E-state index in [4.69, 9.17) is 9.90 Å². The zero-order valence-electron chi connectivity index (χ0n) is 16.6. The number of aliphatic hydroxyl groups excluding tert-OH is 1. The Morgan fingerprint density at radius 1 is 1.17 bits per heavy atom. The molecule has 2 heterocycles. The Balaban J connectivity index is 0.00000101. The Morgan fingerprint density at radius 3 is 2.43 bits per heavy atom. The van der Waals surface area contributed by atoms with E-state index < -0.39 is 12.1 Å². The standard InChI is InChI=1S/C18H22N6O3.CH2O2/c1-10-16(11(2)23-9-22-10)18(27)24-14-5-12(6-15(14)25)17(26)21-8-13-7-19-3-4-20-13;2-1-3/h3-4,7,9,12,14-15,25H,5-6,8H2,1-2H3,(H,21,26)(H,24,27);1H,(H,2,3)/t12-,14-,15-;/m0./s1. The van der Waals surface area contributed by atoms with Crippen LogP contribution in [0.3, 0.4) is 0 Å². The van der Waals surface area contributed by atoms with Gasteiger partial charge in [-0.15, -0.1) is 0 Å². The summed E-state index contributed by atoms with van der Waals surface area (Å²) < 4.78 is 0. The highest BCUT2D eigenvalue weighted by atomic mass is 16.3. The first-order chi connectivity index (χ1) is 14.4. The molecule has 0 unspecified atom stereocenters. The molecule has 0 spiro atoms. The quantitative estimate of drug-likeness (QED) is 0.481. The van der Waals surface area contributed by atoms with Gasteiger partial charge in [-0.1, -0.05) is 0 Å². The van der Waals surface area contributed by atoms with Gasteiger partial charge in [-0.25, -0.2) is 9.97 Å². The number of carbonyl (C=O) groups excluding carboxylic acids is 2. The average molecular weight is 416 g/mol. The number of hydrogen-bond acceptors (Lipinski definition) is 8. The van der Waals surface area contributed by atoms with Gasteiger partial charge in [0.1, 0.15) is 6.33 Å². The summed E-state index contributed by atoms with van der Waals surface area (Å²) >= 11 is 0. The third-order valence-corrected chi connectivity index (χ3v) is 4.73. The molecule has 11 nitrogen and oxygen atoms in total. The number of rotatable bonds is 5. The van der Waals surface area contributed by atoms with Gasteiger partial charge in [-0.3, -0.25) is 24.4 Å². The molecule has 1 aliphatic rings. The predicted molar refractivity (Wildman–Crippen MR) is 104 cm³/mol. The molecule has 2 aromatic rings. The fourth-order valence-electron chi connectivity index (χ4n) is 3.29. The molecule has 4 N–H and O–H groups in total. The van der Waals surface area contributed by atoms with Crippen LogP contribution in [0.15, 0.2) is 24.9 Å². The zero-order valence-corrected chi connectivity index (χ0v) is 16.6. The van der Waals surface area contributed by atoms with Gasteiger partial charge in [0.25, 0.3) is 12.4 Å². The summed E-state index contributed by atoms with van der Waals surface area (Å²) in [6, 6.07) is -0.497. The predicted octanol–water partition coefficient (Wildman–Crippen LogP) is -0.230. The smallest absolute Gasteiger partial charge is 0.290 e. The van der Waals surface area contributed by atoms with Gasteiger partial charge in [0.15, 0.2) is 0 Å². The summed E-state index contributed by atoms with van der Waals surface area (Å²) in [5.74, 6) is -0.890. The molecule has 0 bridgehead atoms. The van der Waals surface area contributed by atoms with Crippen molar-refractivity contribution in [3.63, 3.8) is 0 Å². The Morgan fingerprint density at radius 2 is 1.83 bits per heavy atom. The summed E-state index contributed by atoms with van der Waals surface area (Å²) in [6.45, 7) is 3.49. The maximum absolute atomic E-state index is 12.6. The molecule has 0 aromatic carbocycles. The normalized spacial score (nSPS) is 19.9. The second-order valence-electron chi connectivity index (χ2n) is 6.76. The molecule has 2 amide bonds. The second-order valence-corrected chi connectivity index (χ2v) is 6.76. The van der Waals surface area contributed by atoms with Crippen molar-refractivity contribution in [1.29, 1.82) is 0 Å². The first-order valence-corrected chi connectivity index (χ1v) is 9.24. The lowest BCUT2D eigenvalue weighted by Crippen LogP contribution is -2.40. The molecule has 1 fully saturated rings. The molecule has 0 saturated heterocycles. The fraction of sp³-hybridized carbons (Fsp3) is 0.421. The maximum atomic E-state index is 12.6. The lowest BCUT2D eigenvalue weighted by molar-refractivity contribution is -0.125. The van der Waals surface area contributed by atoms with Gasteiger partial charge < -0.3 is 20.8 Å². The lowest BCUT2D eigenvalue weighted by atomic mass is 10.1. The molecule has 3 rings (SSSR count). The largest absolute Gasteiger partial charge is 0.483 e. The number of aliphatic hydroxyl groups is 1. The van der Waals surface area contributed by atoms with E-state index in [9.17, 15) is 14.7 Å². The molecular formula is C19H24N6O5. The average Bonchev–Trinajstić information content (AvgIpc) is 3.08. The van der Waals surface area contributed by atoms with Gasteiger partial charge in [0, 0.05) is 18.3 Å². The van der Waals surface area contributed by atoms with Crippen molar-refractivity contribution in [2.75, 3.05) is 0 Å². The number of nitrogens with one attached hydrogen (secondary N) is 2. The Kier molecular flexibility index (Phi) is 8.29. The highest BCUT2D eigenvalue weighted by Crippen LogP contribution is 2.27. The molecule has 11 heteroatoms. The van der Waals surface area contributed by atoms with Crippen molar-refractivity contribution in [2.45, 2.75) is 45.4 Å². The van der Waals surface area contributed by atoms with Crippen LogP contribution in [0.5, 0.6) is 0 Å². The van der Waals surface area contributed by atoms with Gasteiger partial charge in [-0.2, -0.15) is 0 Å². The van der Waals surface area contributed by atoms with Crippen LogP contribution in [0.4, 0.5) is 0 Å². The molecule has 160 valence electrons. The molecule has 1 saturated carbocycles. The third-order valence-electron chi connectivity index (χ3n) is 4.73. The minimum atomic E-state index is -0.786. The van der Waals surface area contributed by atoms with Crippen molar-refractivity contribution in [1.82, 2.24) is 30.6 Å². The van der Waals surface area contributed by atoms with Crippen molar-refractivity contribution in [3.05, 3.63) is 47.6 Å². The van der Waals surface area contributed by atoms with E-state index in [0.29, 0.717) is 35.5 Å². The number of carboxylic acid groups (broad SMARTS) is 1. The first kappa shape index (κ1) is 22.8. The third kappa shape index (κ3) is 6.01. The molecule has 2 aromatic heterocycles. The number of carbonyl (C=O) groups is 3. The zero-order chi connectivity index (χ0) is 22.1. The van der Waals surface area contributed by atoms with Crippen molar-refractivity contribution in [2.24, 2.45) is 5.92 Å². The minimum Gasteiger partial charge on any atom is -0.483 e. The molecule has 1 aliphatic carbocycles. The van der Waals surface area contributed by atoms with E-state index in [1.165, 1.54) is 6.33 Å². The molecule has 0 aliphatic heterocycles. The highest BCUT2D eigenvalue weighted by molar-refractivity contribution is 5.96. The van der Waals surface area contributed by atoms with Gasteiger partial charge >= 0.3 is 0 Å². The van der Waals surface area contributed by atoms with Crippen LogP contribution in [0.25, 0.3) is 0 Å². The monoisotopic (exact) mass is 416 g/mol. The molecule has 0 radical (unpaired) electrons. The SMILES string of the molecule is Cc1ncnc(C)c1C(=O)N[C@H]1C[C@H](C(=O)NCc2cnccn2)C[C@@H]1O.O=CO. The van der Waals surface area contributed by atoms with Crippen LogP contribution in [0, 0.1) is 19.8 Å². The summed E-state index contributed by atoms with van der Waals surface area (Å²) in [5, 5.41) is 22.8. The van der Waals surface area contributed by atoms with Crippen LogP contribution in [0.1, 0.15) is 40.3 Å². The fourth-order valence-corrected chi connectivity index (χ4v) is 3.29. The number of amides is 2. The number of hydrogen-bond donors (Lipinski definition) is 4. The number of aryl methyl sites for hydroxylation is 2. The number of nitrogens with zero attached hydrogens (tertiary/aromatic N) is 4. The van der Waals surface area contributed by atoms with Crippen molar-refractivity contribution in [3.8, 4) is 0 Å². The van der Waals surface area contributed by atoms with Gasteiger partial charge in [-0.05, 0) is 26.7 Å². The second kappa shape index (κ2) is 10.9. The van der Waals surface area contributed by atoms with Crippen LogP contribution in [-0.2, 0) is 16.1 Å². The maximum Gasteiger partial charge on any atom is 0.290 e. The van der Waals surface area contributed by atoms with E-state index in [1.807, 2.05) is 0 Å². The van der Waals surface area contributed by atoms with Crippen LogP contribution < -0.4 is 10.6 Å². The Bertz CT molecular complexity index is 859. The summed E-state index contributed by atoms with van der Waals surface area (Å²) in [6.07, 6.45) is 5.98. The molecule has 3 atom stereocenters. The Labute approximate surface area is 173 Å². The van der Waals surface area contributed by atoms with Crippen LogP contribution in [-0.4, -0.2) is 60.6 Å². The van der Waals surface area contributed by atoms with E-state index in [-0.39, 0.29) is 30.7 Å². The number of aromatic nitrogens is 4. The summed E-state index contributed by atoms with van der Waals surface area (Å²) in [7, 11) is 0. The van der Waals surface area contributed by atoms with Crippen LogP contribution in [0.2, 0.25) is 0 Å². The van der Waals surface area contributed by atoms with E-state index >= 15 is 0 Å². The lowest BCUT2D eigenvalue weighted by Gasteiger charge is -2.17. The van der Waals surface area contributed by atoms with Crippen LogP contribution >= 0.6 is 0 Å². The highest BCUT2D eigenvalue weighted by Gasteiger charge is 2.38.